The fourth-order valence-electron chi connectivity index (χ4n) is 3.40. The highest BCUT2D eigenvalue weighted by Gasteiger charge is 2.30. The molecule has 0 saturated carbocycles. The Balaban J connectivity index is 1.65. The van der Waals surface area contributed by atoms with Gasteiger partial charge in [-0.15, -0.1) is 11.3 Å². The molecule has 1 amide bonds. The van der Waals surface area contributed by atoms with Crippen molar-refractivity contribution < 1.29 is 4.79 Å². The van der Waals surface area contributed by atoms with E-state index in [1.807, 2.05) is 29.2 Å². The quantitative estimate of drug-likeness (QED) is 0.640. The number of carbonyl (C=O) groups is 1. The molecule has 0 aliphatic carbocycles. The predicted molar refractivity (Wildman–Crippen MR) is 103 cm³/mol. The zero-order valence-electron chi connectivity index (χ0n) is 14.1. The van der Waals surface area contributed by atoms with Gasteiger partial charge in [-0.05, 0) is 42.8 Å². The Morgan fingerprint density at radius 2 is 1.92 bits per heavy atom. The first-order valence-corrected chi connectivity index (χ1v) is 9.29. The van der Waals surface area contributed by atoms with E-state index in [1.165, 1.54) is 10.6 Å². The van der Waals surface area contributed by atoms with Gasteiger partial charge in [-0.1, -0.05) is 30.3 Å². The van der Waals surface area contributed by atoms with Crippen LogP contribution >= 0.6 is 11.3 Å². The van der Waals surface area contributed by atoms with Gasteiger partial charge in [-0.2, -0.15) is 0 Å². The van der Waals surface area contributed by atoms with Gasteiger partial charge in [0.15, 0.2) is 0 Å². The van der Waals surface area contributed by atoms with Gasteiger partial charge in [0.05, 0.1) is 6.04 Å². The van der Waals surface area contributed by atoms with Crippen molar-refractivity contribution in [1.29, 1.82) is 0 Å². The van der Waals surface area contributed by atoms with Crippen molar-refractivity contribution in [2.24, 2.45) is 0 Å². The van der Waals surface area contributed by atoms with Crippen molar-refractivity contribution in [2.75, 3.05) is 6.54 Å². The number of carbonyl (C=O) groups excluding carboxylic acids is 1. The van der Waals surface area contributed by atoms with Crippen LogP contribution in [0.25, 0.3) is 6.08 Å². The van der Waals surface area contributed by atoms with Gasteiger partial charge < -0.3 is 9.47 Å². The first kappa shape index (κ1) is 15.9. The number of hydrogen-bond acceptors (Lipinski definition) is 2. The molecule has 2 aromatic heterocycles. The van der Waals surface area contributed by atoms with Crippen LogP contribution in [-0.2, 0) is 11.3 Å². The van der Waals surface area contributed by atoms with Crippen molar-refractivity contribution in [2.45, 2.75) is 19.5 Å². The summed E-state index contributed by atoms with van der Waals surface area (Å²) in [6.07, 6.45) is 5.73. The molecule has 1 aliphatic heterocycles. The van der Waals surface area contributed by atoms with Crippen LogP contribution in [0.2, 0.25) is 0 Å². The molecule has 3 heterocycles. The third kappa shape index (κ3) is 3.17. The molecule has 0 saturated heterocycles. The molecule has 1 atom stereocenters. The monoisotopic (exact) mass is 348 g/mol. The average molecular weight is 348 g/mol. The third-order valence-electron chi connectivity index (χ3n) is 4.59. The van der Waals surface area contributed by atoms with Crippen LogP contribution in [0.4, 0.5) is 0 Å². The molecule has 1 aromatic carbocycles. The molecular formula is C21H20N2OS. The topological polar surface area (TPSA) is 25.2 Å². The molecule has 0 spiro atoms. The van der Waals surface area contributed by atoms with Gasteiger partial charge in [-0.25, -0.2) is 0 Å². The Hall–Kier alpha value is -2.59. The zero-order valence-corrected chi connectivity index (χ0v) is 14.9. The van der Waals surface area contributed by atoms with Gasteiger partial charge >= 0.3 is 0 Å². The summed E-state index contributed by atoms with van der Waals surface area (Å²) in [5.41, 5.74) is 2.32. The average Bonchev–Trinajstić information content (AvgIpc) is 3.28. The second-order valence-corrected chi connectivity index (χ2v) is 7.57. The van der Waals surface area contributed by atoms with E-state index in [0.717, 1.165) is 17.0 Å². The summed E-state index contributed by atoms with van der Waals surface area (Å²) in [4.78, 5) is 17.3. The van der Waals surface area contributed by atoms with Crippen molar-refractivity contribution in [3.63, 3.8) is 0 Å². The second kappa shape index (κ2) is 6.73. The van der Waals surface area contributed by atoms with E-state index in [1.54, 1.807) is 17.4 Å². The predicted octanol–water partition coefficient (Wildman–Crippen LogP) is 4.50. The van der Waals surface area contributed by atoms with E-state index in [0.29, 0.717) is 6.54 Å². The Bertz CT molecular complexity index is 907. The standard InChI is InChI=1S/C21H20N2OS/c1-16-9-10-18(25-16)11-12-20(24)23-15-14-22-13-5-8-19(22)21(23)17-6-3-2-4-7-17/h2-13,21H,14-15H2,1H3/b12-11+. The zero-order chi connectivity index (χ0) is 17.2. The number of rotatable bonds is 3. The largest absolute Gasteiger partial charge is 0.348 e. The number of amides is 1. The SMILES string of the molecule is Cc1ccc(/C=C/C(=O)N2CCn3cccc3C2c2ccccc2)s1. The molecule has 4 heteroatoms. The van der Waals surface area contributed by atoms with E-state index >= 15 is 0 Å². The van der Waals surface area contributed by atoms with Gasteiger partial charge in [0.25, 0.3) is 0 Å². The van der Waals surface area contributed by atoms with Crippen molar-refractivity contribution >= 4 is 23.3 Å². The lowest BCUT2D eigenvalue weighted by Gasteiger charge is -2.36. The minimum absolute atomic E-state index is 0.0350. The van der Waals surface area contributed by atoms with Gasteiger partial charge in [0.2, 0.25) is 5.91 Å². The molecule has 126 valence electrons. The first-order valence-electron chi connectivity index (χ1n) is 8.47. The fourth-order valence-corrected chi connectivity index (χ4v) is 4.18. The van der Waals surface area contributed by atoms with Crippen LogP contribution in [0.1, 0.15) is 27.1 Å². The fraction of sp³-hybridized carbons (Fsp3) is 0.190. The highest BCUT2D eigenvalue weighted by atomic mass is 32.1. The maximum atomic E-state index is 12.9. The van der Waals surface area contributed by atoms with Gasteiger partial charge in [0.1, 0.15) is 0 Å². The molecule has 0 radical (unpaired) electrons. The number of hydrogen-bond donors (Lipinski definition) is 0. The number of aromatic nitrogens is 1. The van der Waals surface area contributed by atoms with Crippen molar-refractivity contribution in [3.05, 3.63) is 87.9 Å². The van der Waals surface area contributed by atoms with Crippen LogP contribution < -0.4 is 0 Å². The molecule has 0 N–H and O–H groups in total. The highest BCUT2D eigenvalue weighted by molar-refractivity contribution is 7.12. The normalized spacial score (nSPS) is 17.0. The van der Waals surface area contributed by atoms with E-state index in [2.05, 4.69) is 54.1 Å². The molecular weight excluding hydrogens is 328 g/mol. The summed E-state index contributed by atoms with van der Waals surface area (Å²) in [5.74, 6) is 0.0624. The number of aryl methyl sites for hydroxylation is 1. The molecule has 3 aromatic rings. The maximum absolute atomic E-state index is 12.9. The number of benzene rings is 1. The molecule has 25 heavy (non-hydrogen) atoms. The Morgan fingerprint density at radius 3 is 2.68 bits per heavy atom. The third-order valence-corrected chi connectivity index (χ3v) is 5.55. The van der Waals surface area contributed by atoms with Crippen LogP contribution in [0.5, 0.6) is 0 Å². The van der Waals surface area contributed by atoms with Gasteiger partial charge in [0, 0.05) is 40.8 Å². The number of nitrogens with zero attached hydrogens (tertiary/aromatic N) is 2. The molecule has 1 aliphatic rings. The Labute approximate surface area is 151 Å². The van der Waals surface area contributed by atoms with Crippen LogP contribution in [0.3, 0.4) is 0 Å². The maximum Gasteiger partial charge on any atom is 0.247 e. The van der Waals surface area contributed by atoms with Crippen molar-refractivity contribution in [3.8, 4) is 0 Å². The minimum Gasteiger partial charge on any atom is -0.348 e. The van der Waals surface area contributed by atoms with E-state index in [4.69, 9.17) is 0 Å². The van der Waals surface area contributed by atoms with Crippen molar-refractivity contribution in [1.82, 2.24) is 9.47 Å². The highest BCUT2D eigenvalue weighted by Crippen LogP contribution is 2.32. The molecule has 0 bridgehead atoms. The smallest absolute Gasteiger partial charge is 0.247 e. The minimum atomic E-state index is -0.0350. The van der Waals surface area contributed by atoms with E-state index < -0.39 is 0 Å². The number of thiophene rings is 1. The molecule has 0 fully saturated rings. The Kier molecular flexibility index (Phi) is 4.28. The first-order chi connectivity index (χ1) is 12.2. The molecule has 4 rings (SSSR count). The second-order valence-electron chi connectivity index (χ2n) is 6.25. The van der Waals surface area contributed by atoms with Crippen LogP contribution in [0, 0.1) is 6.92 Å². The summed E-state index contributed by atoms with van der Waals surface area (Å²) < 4.78 is 2.24. The lowest BCUT2D eigenvalue weighted by atomic mass is 10.00. The Morgan fingerprint density at radius 1 is 1.08 bits per heavy atom. The summed E-state index contributed by atoms with van der Waals surface area (Å²) >= 11 is 1.70. The number of fused-ring (bicyclic) bond motifs is 1. The van der Waals surface area contributed by atoms with Crippen LogP contribution in [0.15, 0.2) is 66.9 Å². The molecule has 3 nitrogen and oxygen atoms in total. The summed E-state index contributed by atoms with van der Waals surface area (Å²) in [6, 6.07) is 18.5. The van der Waals surface area contributed by atoms with Gasteiger partial charge in [-0.3, -0.25) is 4.79 Å². The summed E-state index contributed by atoms with van der Waals surface area (Å²) in [7, 11) is 0. The summed E-state index contributed by atoms with van der Waals surface area (Å²) in [6.45, 7) is 3.63. The lowest BCUT2D eigenvalue weighted by Crippen LogP contribution is -2.41. The molecule has 1 unspecified atom stereocenters. The van der Waals surface area contributed by atoms with E-state index in [-0.39, 0.29) is 11.9 Å². The lowest BCUT2D eigenvalue weighted by molar-refractivity contribution is -0.128. The van der Waals surface area contributed by atoms with E-state index in [9.17, 15) is 4.79 Å². The summed E-state index contributed by atoms with van der Waals surface area (Å²) in [5, 5.41) is 0. The van der Waals surface area contributed by atoms with Crippen LogP contribution in [-0.4, -0.2) is 21.9 Å².